The number of benzene rings is 3. The molecular weight excluding hydrogens is 1170 g/mol. The summed E-state index contributed by atoms with van der Waals surface area (Å²) in [6, 6.07) is 6.05. The van der Waals surface area contributed by atoms with E-state index in [1.54, 1.807) is 19.2 Å². The van der Waals surface area contributed by atoms with Crippen molar-refractivity contribution in [3.63, 3.8) is 0 Å². The van der Waals surface area contributed by atoms with Crippen LogP contribution in [0.3, 0.4) is 0 Å². The van der Waals surface area contributed by atoms with E-state index in [1.165, 1.54) is 55.7 Å². The minimum absolute atomic E-state index is 0.0173. The lowest BCUT2D eigenvalue weighted by molar-refractivity contribution is -0.147. The molecule has 8 amide bonds. The molecule has 3 fully saturated rings. The van der Waals surface area contributed by atoms with Crippen LogP contribution < -0.4 is 41.8 Å². The van der Waals surface area contributed by atoms with Gasteiger partial charge in [-0.2, -0.15) is 0 Å². The van der Waals surface area contributed by atoms with Gasteiger partial charge in [-0.25, -0.2) is 0 Å². The summed E-state index contributed by atoms with van der Waals surface area (Å²) < 4.78 is 16.2. The summed E-state index contributed by atoms with van der Waals surface area (Å²) in [4.78, 5) is 115. The standard InChI is InChI=1S/C59H78N10O18S/c1-30-28-69-49(50(30)77)55(82)61-27-36(71)24-39(62-51(78)33-11-13-34(14-12-33)56-66-67-57(88-56)35-15-17-38(18-16-35)87-21-9-7-5-6-8-20-85-3)52(79)63-46(31(2)70)58(83)68-29-37(72)25-40(68)53(80)64-47(42(74)22-32-10-19-41(73)44(23-32)86-4)54(81)65-48(59(69)84)43(75)26-45(60)76/h10-19,23,30-31,36-37,39-40,42-43,46-50,70-75,77H,5-9,20-22,24-29H2,1-4H3,(H2,60,76)(H,61,82)(H,62,78)(H,63,79)(H,64,80)(H,65,81). The number of aliphatic hydroxyl groups excluding tert-OH is 6. The molecule has 0 aliphatic carbocycles. The molecule has 14 N–H and O–H groups in total. The zero-order valence-electron chi connectivity index (χ0n) is 49.2. The Hall–Kier alpha value is -7.90. The first-order valence-corrected chi connectivity index (χ1v) is 29.8. The van der Waals surface area contributed by atoms with Crippen LogP contribution in [0.25, 0.3) is 21.1 Å². The number of methoxy groups -OCH3 is 2. The molecule has 0 radical (unpaired) electrons. The molecule has 7 rings (SSSR count). The highest BCUT2D eigenvalue weighted by Crippen LogP contribution is 2.32. The number of amides is 8. The third-order valence-electron chi connectivity index (χ3n) is 15.5. The van der Waals surface area contributed by atoms with E-state index in [0.717, 1.165) is 66.7 Å². The second-order valence-corrected chi connectivity index (χ2v) is 23.3. The van der Waals surface area contributed by atoms with Gasteiger partial charge in [-0.05, 0) is 73.9 Å². The number of β-amino-alcohol motifs (C(OH)–C–C–N with tert-alkyl or cyclic N) is 1. The Labute approximate surface area is 511 Å². The highest BCUT2D eigenvalue weighted by molar-refractivity contribution is 7.17. The van der Waals surface area contributed by atoms with Crippen molar-refractivity contribution in [2.24, 2.45) is 11.7 Å². The van der Waals surface area contributed by atoms with Crippen LogP contribution in [0.15, 0.2) is 66.7 Å². The minimum atomic E-state index is -2.17. The van der Waals surface area contributed by atoms with Gasteiger partial charge in [0.05, 0.1) is 56.8 Å². The molecule has 0 saturated carbocycles. The number of aliphatic hydroxyl groups is 6. The van der Waals surface area contributed by atoms with E-state index in [-0.39, 0.29) is 29.2 Å². The lowest BCUT2D eigenvalue weighted by Gasteiger charge is -2.33. The number of rotatable bonds is 21. The largest absolute Gasteiger partial charge is 0.504 e. The fourth-order valence-corrected chi connectivity index (χ4v) is 11.5. The average molecular weight is 1250 g/mol. The van der Waals surface area contributed by atoms with Gasteiger partial charge in [-0.1, -0.05) is 55.7 Å². The number of hydrogen-bond donors (Lipinski definition) is 13. The van der Waals surface area contributed by atoms with Crippen molar-refractivity contribution < 1.29 is 88.3 Å². The Kier molecular flexibility index (Phi) is 24.1. The Morgan fingerprint density at radius 2 is 1.34 bits per heavy atom. The lowest BCUT2D eigenvalue weighted by Crippen LogP contribution is -2.64. The normalized spacial score (nSPS) is 25.2. The fourth-order valence-electron chi connectivity index (χ4n) is 10.7. The predicted molar refractivity (Wildman–Crippen MR) is 315 cm³/mol. The molecule has 3 aromatic carbocycles. The van der Waals surface area contributed by atoms with Crippen molar-refractivity contribution in [2.75, 3.05) is 47.1 Å². The number of primary amides is 1. The second kappa shape index (κ2) is 31.3. The summed E-state index contributed by atoms with van der Waals surface area (Å²) in [5.41, 5.74) is 7.05. The van der Waals surface area contributed by atoms with Gasteiger partial charge in [0.2, 0.25) is 41.4 Å². The number of fused-ring (bicyclic) bond motifs is 2. The van der Waals surface area contributed by atoms with Crippen LogP contribution in [0.5, 0.6) is 17.2 Å². The maximum Gasteiger partial charge on any atom is 0.251 e. The van der Waals surface area contributed by atoms with Crippen LogP contribution in [-0.2, 0) is 44.7 Å². The molecular formula is C59H78N10O18S. The fraction of sp³-hybridized carbons (Fsp3) is 0.525. The molecule has 3 aliphatic heterocycles. The van der Waals surface area contributed by atoms with Crippen LogP contribution in [0, 0.1) is 5.92 Å². The first-order valence-electron chi connectivity index (χ1n) is 29.0. The predicted octanol–water partition coefficient (Wildman–Crippen LogP) is -1.61. The van der Waals surface area contributed by atoms with E-state index in [0.29, 0.717) is 22.2 Å². The number of nitrogens with zero attached hydrogens (tertiary/aromatic N) is 4. The summed E-state index contributed by atoms with van der Waals surface area (Å²) in [6.45, 7) is 2.33. The zero-order valence-corrected chi connectivity index (χ0v) is 50.0. The summed E-state index contributed by atoms with van der Waals surface area (Å²) in [5, 5.41) is 100. The molecule has 29 heteroatoms. The molecule has 3 aliphatic rings. The summed E-state index contributed by atoms with van der Waals surface area (Å²) in [6.07, 6.45) is -7.91. The van der Waals surface area contributed by atoms with Gasteiger partial charge in [-0.15, -0.1) is 10.2 Å². The van der Waals surface area contributed by atoms with Gasteiger partial charge < -0.3 is 92.1 Å². The quantitative estimate of drug-likeness (QED) is 0.0417. The van der Waals surface area contributed by atoms with E-state index in [4.69, 9.17) is 19.9 Å². The van der Waals surface area contributed by atoms with Gasteiger partial charge in [0.15, 0.2) is 11.5 Å². The Morgan fingerprint density at radius 3 is 1.98 bits per heavy atom. The molecule has 13 unspecified atom stereocenters. The van der Waals surface area contributed by atoms with Crippen molar-refractivity contribution in [1.82, 2.24) is 46.6 Å². The number of phenols is 1. The van der Waals surface area contributed by atoms with Crippen molar-refractivity contribution in [3.8, 4) is 38.4 Å². The zero-order chi connectivity index (χ0) is 63.9. The number of aromatic hydroxyl groups is 1. The van der Waals surface area contributed by atoms with Crippen LogP contribution in [0.4, 0.5) is 0 Å². The average Bonchev–Trinajstić information content (AvgIpc) is 4.47. The topological polar surface area (TPSA) is 424 Å². The smallest absolute Gasteiger partial charge is 0.251 e. The number of ether oxygens (including phenoxy) is 3. The molecule has 28 nitrogen and oxygen atoms in total. The first kappa shape index (κ1) is 67.6. The Balaban J connectivity index is 1.15. The number of nitrogens with two attached hydrogens (primary N) is 1. The van der Waals surface area contributed by atoms with Crippen molar-refractivity contribution in [2.45, 2.75) is 145 Å². The number of phenolic OH excluding ortho intramolecular Hbond substituents is 1. The molecule has 0 bridgehead atoms. The molecule has 0 spiro atoms. The van der Waals surface area contributed by atoms with Gasteiger partial charge in [0.25, 0.3) is 5.91 Å². The van der Waals surface area contributed by atoms with E-state index in [2.05, 4.69) is 36.8 Å². The molecule has 478 valence electrons. The van der Waals surface area contributed by atoms with Gasteiger partial charge >= 0.3 is 0 Å². The Bertz CT molecular complexity index is 3080. The van der Waals surface area contributed by atoms with Crippen LogP contribution in [-0.4, -0.2) is 223 Å². The van der Waals surface area contributed by atoms with E-state index in [9.17, 15) is 74.1 Å². The summed E-state index contributed by atoms with van der Waals surface area (Å²) >= 11 is 1.30. The molecule has 4 heterocycles. The number of hydrogen-bond acceptors (Lipinski definition) is 21. The first-order chi connectivity index (χ1) is 42.0. The maximum atomic E-state index is 14.7. The number of aromatic nitrogens is 2. The van der Waals surface area contributed by atoms with Gasteiger partial charge in [0.1, 0.15) is 52.0 Å². The molecule has 4 aromatic rings. The molecule has 13 atom stereocenters. The van der Waals surface area contributed by atoms with Crippen LogP contribution >= 0.6 is 11.3 Å². The highest BCUT2D eigenvalue weighted by atomic mass is 32.1. The number of unbranched alkanes of at least 4 members (excludes halogenated alkanes) is 4. The van der Waals surface area contributed by atoms with Crippen molar-refractivity contribution >= 4 is 58.6 Å². The van der Waals surface area contributed by atoms with Crippen LogP contribution in [0.1, 0.15) is 81.1 Å². The number of carbonyl (C=O) groups excluding carboxylic acids is 8. The number of nitrogens with one attached hydrogen (secondary N) is 5. The lowest BCUT2D eigenvalue weighted by atomic mass is 9.98. The van der Waals surface area contributed by atoms with Crippen LogP contribution in [0.2, 0.25) is 0 Å². The third-order valence-corrected chi connectivity index (χ3v) is 16.5. The van der Waals surface area contributed by atoms with E-state index in [1.807, 2.05) is 24.3 Å². The maximum absolute atomic E-state index is 14.7. The Morgan fingerprint density at radius 1 is 0.727 bits per heavy atom. The third kappa shape index (κ3) is 17.5. The SMILES string of the molecule is COCCCCCCCOc1ccc(-c2nnc(-c3ccc(C(=O)NC4CC(O)CNC(=O)C5C(O)C(C)CN5C(=O)C(C(O)CC(N)=O)NC(=O)C(C(O)Cc5ccc(O)c(OC)c5)NC(=O)C5CC(O)CN5C(=O)C(C(C)O)NC4=O)cc3)s2)cc1. The summed E-state index contributed by atoms with van der Waals surface area (Å²) in [5.74, 6) is -9.58. The minimum Gasteiger partial charge on any atom is -0.504 e. The molecule has 1 aromatic heterocycles. The van der Waals surface area contributed by atoms with Crippen molar-refractivity contribution in [1.29, 1.82) is 0 Å². The molecule has 3 saturated heterocycles. The van der Waals surface area contributed by atoms with E-state index >= 15 is 0 Å². The second-order valence-electron chi connectivity index (χ2n) is 22.3. The van der Waals surface area contributed by atoms with Gasteiger partial charge in [0, 0.05) is 75.2 Å². The summed E-state index contributed by atoms with van der Waals surface area (Å²) in [7, 11) is 2.95. The highest BCUT2D eigenvalue weighted by Gasteiger charge is 2.50. The van der Waals surface area contributed by atoms with E-state index < -0.39 is 165 Å². The molecule has 88 heavy (non-hydrogen) atoms. The van der Waals surface area contributed by atoms with Gasteiger partial charge in [-0.3, -0.25) is 38.4 Å². The monoisotopic (exact) mass is 1250 g/mol. The van der Waals surface area contributed by atoms with Crippen molar-refractivity contribution in [3.05, 3.63) is 77.9 Å². The number of carbonyl (C=O) groups is 8.